The van der Waals surface area contributed by atoms with Crippen LogP contribution in [0.25, 0.3) is 10.9 Å². The third kappa shape index (κ3) is 2.80. The highest BCUT2D eigenvalue weighted by molar-refractivity contribution is 5.94. The van der Waals surface area contributed by atoms with Crippen LogP contribution in [0.3, 0.4) is 0 Å². The first-order valence-electron chi connectivity index (χ1n) is 8.44. The van der Waals surface area contributed by atoms with E-state index in [0.29, 0.717) is 18.7 Å². The summed E-state index contributed by atoms with van der Waals surface area (Å²) in [6, 6.07) is 6.06. The molecule has 0 radical (unpaired) electrons. The zero-order chi connectivity index (χ0) is 17.6. The van der Waals surface area contributed by atoms with E-state index in [4.69, 9.17) is 4.74 Å². The minimum Gasteiger partial charge on any atom is -0.369 e. The fraction of sp³-hybridized carbons (Fsp3) is 0.389. The number of ether oxygens (including phenoxy) is 1. The molecule has 0 fully saturated rings. The van der Waals surface area contributed by atoms with E-state index in [0.717, 1.165) is 27.7 Å². The molecular formula is C18H21N5O2. The molecule has 0 saturated heterocycles. The Morgan fingerprint density at radius 1 is 1.44 bits per heavy atom. The molecule has 0 saturated carbocycles. The maximum atomic E-state index is 12.6. The standard InChI is InChI=1S/C18H21N5O2/c1-10-6-14-16(11(2)25-10)21-22-17(14)18(24)19-8-12-4-5-13-9-20-23(3)15(13)7-12/h4-5,7,9-11H,6,8H2,1-3H3,(H,19,24)(H,21,22)/t10-,11+/m1/s1. The highest BCUT2D eigenvalue weighted by atomic mass is 16.5. The van der Waals surface area contributed by atoms with Gasteiger partial charge in [-0.1, -0.05) is 12.1 Å². The van der Waals surface area contributed by atoms with Crippen molar-refractivity contribution >= 4 is 16.8 Å². The summed E-state index contributed by atoms with van der Waals surface area (Å²) in [5.74, 6) is -0.163. The van der Waals surface area contributed by atoms with Gasteiger partial charge >= 0.3 is 0 Å². The van der Waals surface area contributed by atoms with Crippen molar-refractivity contribution < 1.29 is 9.53 Å². The first-order chi connectivity index (χ1) is 12.0. The number of aromatic amines is 1. The maximum absolute atomic E-state index is 12.6. The zero-order valence-corrected chi connectivity index (χ0v) is 14.5. The van der Waals surface area contributed by atoms with Crippen molar-refractivity contribution in [3.05, 3.63) is 46.9 Å². The number of hydrogen-bond donors (Lipinski definition) is 2. The van der Waals surface area contributed by atoms with Gasteiger partial charge in [-0.05, 0) is 25.5 Å². The number of carbonyl (C=O) groups excluding carboxylic acids is 1. The van der Waals surface area contributed by atoms with Crippen LogP contribution in [0.5, 0.6) is 0 Å². The minimum absolute atomic E-state index is 0.0694. The Hall–Kier alpha value is -2.67. The topological polar surface area (TPSA) is 84.8 Å². The van der Waals surface area contributed by atoms with E-state index in [1.807, 2.05) is 50.0 Å². The fourth-order valence-corrected chi connectivity index (χ4v) is 3.43. The molecule has 130 valence electrons. The van der Waals surface area contributed by atoms with Crippen molar-refractivity contribution in [3.8, 4) is 0 Å². The van der Waals surface area contributed by atoms with Crippen LogP contribution in [0.4, 0.5) is 0 Å². The molecule has 1 aromatic carbocycles. The number of benzene rings is 1. The Bertz CT molecular complexity index is 942. The SMILES string of the molecule is C[C@@H]1Cc2c(C(=O)NCc3ccc4cnn(C)c4c3)n[nH]c2[C@H](C)O1. The molecule has 3 heterocycles. The van der Waals surface area contributed by atoms with Crippen LogP contribution in [-0.2, 0) is 24.8 Å². The lowest BCUT2D eigenvalue weighted by Crippen LogP contribution is -2.27. The molecule has 2 atom stereocenters. The predicted octanol–water partition coefficient (Wildman–Crippen LogP) is 2.25. The summed E-state index contributed by atoms with van der Waals surface area (Å²) >= 11 is 0. The van der Waals surface area contributed by atoms with Crippen LogP contribution < -0.4 is 5.32 Å². The molecular weight excluding hydrogens is 318 g/mol. The van der Waals surface area contributed by atoms with E-state index >= 15 is 0 Å². The summed E-state index contributed by atoms with van der Waals surface area (Å²) in [6.45, 7) is 4.43. The van der Waals surface area contributed by atoms with Crippen molar-refractivity contribution in [2.75, 3.05) is 0 Å². The Morgan fingerprint density at radius 3 is 3.12 bits per heavy atom. The summed E-state index contributed by atoms with van der Waals surface area (Å²) < 4.78 is 7.60. The molecule has 1 aliphatic rings. The molecule has 2 aromatic heterocycles. The molecule has 4 rings (SSSR count). The number of carbonyl (C=O) groups is 1. The number of amides is 1. The first kappa shape index (κ1) is 15.8. The van der Waals surface area contributed by atoms with Gasteiger partial charge in [-0.25, -0.2) is 0 Å². The second-order valence-electron chi connectivity index (χ2n) is 6.60. The molecule has 7 heteroatoms. The van der Waals surface area contributed by atoms with Crippen LogP contribution in [0.15, 0.2) is 24.4 Å². The van der Waals surface area contributed by atoms with E-state index in [9.17, 15) is 4.79 Å². The van der Waals surface area contributed by atoms with Gasteiger partial charge in [-0.2, -0.15) is 10.2 Å². The first-order valence-corrected chi connectivity index (χ1v) is 8.44. The molecule has 1 amide bonds. The fourth-order valence-electron chi connectivity index (χ4n) is 3.43. The van der Waals surface area contributed by atoms with E-state index in [2.05, 4.69) is 20.6 Å². The van der Waals surface area contributed by atoms with Gasteiger partial charge in [0.15, 0.2) is 5.69 Å². The van der Waals surface area contributed by atoms with E-state index < -0.39 is 0 Å². The van der Waals surface area contributed by atoms with Gasteiger partial charge in [-0.3, -0.25) is 14.6 Å². The molecule has 25 heavy (non-hydrogen) atoms. The molecule has 3 aromatic rings. The van der Waals surface area contributed by atoms with E-state index in [1.54, 1.807) is 0 Å². The van der Waals surface area contributed by atoms with Gasteiger partial charge in [0, 0.05) is 31.0 Å². The Morgan fingerprint density at radius 2 is 2.28 bits per heavy atom. The molecule has 0 aliphatic carbocycles. The zero-order valence-electron chi connectivity index (χ0n) is 14.5. The van der Waals surface area contributed by atoms with Crippen molar-refractivity contribution in [1.29, 1.82) is 0 Å². The molecule has 0 unspecified atom stereocenters. The second kappa shape index (κ2) is 6.00. The number of rotatable bonds is 3. The largest absolute Gasteiger partial charge is 0.369 e. The average Bonchev–Trinajstić information content (AvgIpc) is 3.17. The molecule has 7 nitrogen and oxygen atoms in total. The van der Waals surface area contributed by atoms with Gasteiger partial charge in [0.1, 0.15) is 0 Å². The predicted molar refractivity (Wildman–Crippen MR) is 93.1 cm³/mol. The lowest BCUT2D eigenvalue weighted by Gasteiger charge is -2.25. The number of aryl methyl sites for hydroxylation is 1. The third-order valence-electron chi connectivity index (χ3n) is 4.72. The number of fused-ring (bicyclic) bond motifs is 2. The van der Waals surface area contributed by atoms with Crippen molar-refractivity contribution in [3.63, 3.8) is 0 Å². The summed E-state index contributed by atoms with van der Waals surface area (Å²) in [6.07, 6.45) is 2.54. The highest BCUT2D eigenvalue weighted by Gasteiger charge is 2.29. The van der Waals surface area contributed by atoms with Crippen molar-refractivity contribution in [1.82, 2.24) is 25.3 Å². The lowest BCUT2D eigenvalue weighted by atomic mass is 9.99. The Kier molecular flexibility index (Phi) is 3.80. The van der Waals surface area contributed by atoms with Crippen LogP contribution in [-0.4, -0.2) is 32.0 Å². The maximum Gasteiger partial charge on any atom is 0.272 e. The molecule has 1 aliphatic heterocycles. The monoisotopic (exact) mass is 339 g/mol. The minimum atomic E-state index is -0.163. The van der Waals surface area contributed by atoms with Gasteiger partial charge in [0.05, 0.1) is 29.6 Å². The van der Waals surface area contributed by atoms with Crippen LogP contribution >= 0.6 is 0 Å². The summed E-state index contributed by atoms with van der Waals surface area (Å²) in [4.78, 5) is 12.6. The van der Waals surface area contributed by atoms with Crippen molar-refractivity contribution in [2.24, 2.45) is 7.05 Å². The van der Waals surface area contributed by atoms with E-state index in [1.165, 1.54) is 0 Å². The number of hydrogen-bond acceptors (Lipinski definition) is 4. The van der Waals surface area contributed by atoms with Gasteiger partial charge in [0.25, 0.3) is 5.91 Å². The number of H-pyrrole nitrogens is 1. The van der Waals surface area contributed by atoms with Crippen LogP contribution in [0.2, 0.25) is 0 Å². The summed E-state index contributed by atoms with van der Waals surface area (Å²) in [5.41, 5.74) is 4.41. The van der Waals surface area contributed by atoms with Crippen LogP contribution in [0, 0.1) is 0 Å². The number of nitrogens with zero attached hydrogens (tertiary/aromatic N) is 3. The van der Waals surface area contributed by atoms with Gasteiger partial charge in [-0.15, -0.1) is 0 Å². The normalized spacial score (nSPS) is 19.8. The van der Waals surface area contributed by atoms with Crippen molar-refractivity contribution in [2.45, 2.75) is 39.0 Å². The van der Waals surface area contributed by atoms with E-state index in [-0.39, 0.29) is 18.1 Å². The molecule has 0 spiro atoms. The number of nitrogens with one attached hydrogen (secondary N) is 2. The average molecular weight is 339 g/mol. The lowest BCUT2D eigenvalue weighted by molar-refractivity contribution is -0.00697. The van der Waals surface area contributed by atoms with Crippen LogP contribution in [0.1, 0.15) is 47.3 Å². The summed E-state index contributed by atoms with van der Waals surface area (Å²) in [7, 11) is 1.91. The van der Waals surface area contributed by atoms with Gasteiger partial charge < -0.3 is 10.1 Å². The quantitative estimate of drug-likeness (QED) is 0.766. The number of aromatic nitrogens is 4. The van der Waals surface area contributed by atoms with Gasteiger partial charge in [0.2, 0.25) is 0 Å². The molecule has 0 bridgehead atoms. The Balaban J connectivity index is 1.51. The Labute approximate surface area is 145 Å². The smallest absolute Gasteiger partial charge is 0.272 e. The third-order valence-corrected chi connectivity index (χ3v) is 4.72. The summed E-state index contributed by atoms with van der Waals surface area (Å²) in [5, 5.41) is 15.5. The second-order valence-corrected chi connectivity index (χ2v) is 6.60. The highest BCUT2D eigenvalue weighted by Crippen LogP contribution is 2.30. The molecule has 2 N–H and O–H groups in total.